The number of carbonyl (C=O) groups is 1. The van der Waals surface area contributed by atoms with Gasteiger partial charge < -0.3 is 10.6 Å². The number of nitrogens with two attached hydrogens (primary N) is 1. The Morgan fingerprint density at radius 1 is 1.28 bits per heavy atom. The molecule has 1 aliphatic heterocycles. The number of sulfonamides is 1. The van der Waals surface area contributed by atoms with Gasteiger partial charge in [-0.25, -0.2) is 8.42 Å². The second-order valence-electron chi connectivity index (χ2n) is 4.66. The Balaban J connectivity index is 2.42. The van der Waals surface area contributed by atoms with E-state index in [9.17, 15) is 13.2 Å². The highest BCUT2D eigenvalue weighted by Gasteiger charge is 2.24. The lowest BCUT2D eigenvalue weighted by Crippen LogP contribution is -2.40. The van der Waals surface area contributed by atoms with Crippen molar-refractivity contribution >= 4 is 15.9 Å². The van der Waals surface area contributed by atoms with Crippen LogP contribution in [-0.4, -0.2) is 62.5 Å². The van der Waals surface area contributed by atoms with E-state index in [-0.39, 0.29) is 18.2 Å². The molecule has 0 unspecified atom stereocenters. The molecular weight excluding hydrogens is 254 g/mol. The molecule has 1 heterocycles. The van der Waals surface area contributed by atoms with Crippen molar-refractivity contribution in [3.05, 3.63) is 0 Å². The van der Waals surface area contributed by atoms with E-state index in [1.807, 2.05) is 0 Å². The SMILES string of the molecule is CN(CC(=O)N1CCCC1)S(=O)(=O)CCCCN. The standard InChI is InChI=1S/C11H23N3O3S/c1-13(18(16,17)9-5-2-6-12)10-11(15)14-7-3-4-8-14/h2-10,12H2,1H3. The first kappa shape index (κ1) is 15.4. The van der Waals surface area contributed by atoms with Crippen LogP contribution in [0.4, 0.5) is 0 Å². The van der Waals surface area contributed by atoms with Crippen LogP contribution in [-0.2, 0) is 14.8 Å². The number of hydrogen-bond donors (Lipinski definition) is 1. The van der Waals surface area contributed by atoms with E-state index in [1.54, 1.807) is 4.90 Å². The lowest BCUT2D eigenvalue weighted by molar-refractivity contribution is -0.130. The van der Waals surface area contributed by atoms with Gasteiger partial charge in [0.1, 0.15) is 0 Å². The van der Waals surface area contributed by atoms with Gasteiger partial charge in [-0.1, -0.05) is 0 Å². The van der Waals surface area contributed by atoms with Crippen LogP contribution < -0.4 is 5.73 Å². The molecule has 0 radical (unpaired) electrons. The molecule has 1 saturated heterocycles. The van der Waals surface area contributed by atoms with Gasteiger partial charge in [0.15, 0.2) is 0 Å². The third-order valence-corrected chi connectivity index (χ3v) is 5.03. The molecule has 1 aliphatic rings. The van der Waals surface area contributed by atoms with Crippen LogP contribution in [0.5, 0.6) is 0 Å². The van der Waals surface area contributed by atoms with Gasteiger partial charge in [0, 0.05) is 20.1 Å². The number of likely N-dealkylation sites (tertiary alicyclic amines) is 1. The highest BCUT2D eigenvalue weighted by molar-refractivity contribution is 7.89. The highest BCUT2D eigenvalue weighted by Crippen LogP contribution is 2.09. The zero-order chi connectivity index (χ0) is 13.6. The Morgan fingerprint density at radius 3 is 2.44 bits per heavy atom. The van der Waals surface area contributed by atoms with Crippen LogP contribution in [0, 0.1) is 0 Å². The second kappa shape index (κ2) is 7.06. The molecule has 1 fully saturated rings. The summed E-state index contributed by atoms with van der Waals surface area (Å²) in [6.07, 6.45) is 3.26. The molecule has 1 rings (SSSR count). The van der Waals surface area contributed by atoms with E-state index in [4.69, 9.17) is 5.73 Å². The lowest BCUT2D eigenvalue weighted by atomic mass is 10.3. The smallest absolute Gasteiger partial charge is 0.237 e. The molecule has 0 aromatic carbocycles. The van der Waals surface area contributed by atoms with Crippen LogP contribution in [0.15, 0.2) is 0 Å². The third kappa shape index (κ3) is 4.55. The fourth-order valence-corrected chi connectivity index (χ4v) is 3.13. The fraction of sp³-hybridized carbons (Fsp3) is 0.909. The van der Waals surface area contributed by atoms with E-state index >= 15 is 0 Å². The van der Waals surface area contributed by atoms with Gasteiger partial charge in [-0.15, -0.1) is 0 Å². The van der Waals surface area contributed by atoms with Crippen LogP contribution >= 0.6 is 0 Å². The molecule has 0 aliphatic carbocycles. The molecule has 0 saturated carbocycles. The summed E-state index contributed by atoms with van der Waals surface area (Å²) in [6, 6.07) is 0. The van der Waals surface area contributed by atoms with Crippen LogP contribution in [0.2, 0.25) is 0 Å². The Hall–Kier alpha value is -0.660. The Labute approximate surface area is 109 Å². The number of carbonyl (C=O) groups excluding carboxylic acids is 1. The molecular formula is C11H23N3O3S. The van der Waals surface area contributed by atoms with Crippen molar-refractivity contribution in [2.45, 2.75) is 25.7 Å². The topological polar surface area (TPSA) is 83.7 Å². The molecule has 0 bridgehead atoms. The second-order valence-corrected chi connectivity index (χ2v) is 6.85. The monoisotopic (exact) mass is 277 g/mol. The number of rotatable bonds is 7. The number of amides is 1. The zero-order valence-electron chi connectivity index (χ0n) is 11.0. The van der Waals surface area contributed by atoms with Crippen molar-refractivity contribution in [2.24, 2.45) is 5.73 Å². The molecule has 1 amide bonds. The fourth-order valence-electron chi connectivity index (χ4n) is 1.94. The maximum atomic E-state index is 11.9. The van der Waals surface area contributed by atoms with E-state index in [0.29, 0.717) is 19.4 Å². The summed E-state index contributed by atoms with van der Waals surface area (Å²) in [6.45, 7) is 1.94. The minimum atomic E-state index is -3.33. The van der Waals surface area contributed by atoms with Crippen molar-refractivity contribution < 1.29 is 13.2 Å². The summed E-state index contributed by atoms with van der Waals surface area (Å²) in [5.41, 5.74) is 5.33. The molecule has 0 spiro atoms. The quantitative estimate of drug-likeness (QED) is 0.642. The van der Waals surface area contributed by atoms with Gasteiger partial charge in [-0.05, 0) is 32.2 Å². The largest absolute Gasteiger partial charge is 0.342 e. The average Bonchev–Trinajstić information content (AvgIpc) is 2.82. The average molecular weight is 277 g/mol. The Kier molecular flexibility index (Phi) is 6.04. The molecule has 18 heavy (non-hydrogen) atoms. The van der Waals surface area contributed by atoms with Crippen molar-refractivity contribution in [1.29, 1.82) is 0 Å². The van der Waals surface area contributed by atoms with Gasteiger partial charge in [-0.3, -0.25) is 4.79 Å². The van der Waals surface area contributed by atoms with Gasteiger partial charge in [-0.2, -0.15) is 4.31 Å². The summed E-state index contributed by atoms with van der Waals surface area (Å²) < 4.78 is 24.9. The number of likely N-dealkylation sites (N-methyl/N-ethyl adjacent to an activating group) is 1. The Bertz CT molecular complexity index is 364. The van der Waals surface area contributed by atoms with E-state index in [0.717, 1.165) is 30.2 Å². The van der Waals surface area contributed by atoms with E-state index in [2.05, 4.69) is 0 Å². The number of unbranched alkanes of at least 4 members (excludes halogenated alkanes) is 1. The molecule has 6 nitrogen and oxygen atoms in total. The minimum absolute atomic E-state index is 0.0506. The van der Waals surface area contributed by atoms with Crippen LogP contribution in [0.1, 0.15) is 25.7 Å². The summed E-state index contributed by atoms with van der Waals surface area (Å²) in [5.74, 6) is -0.0362. The summed E-state index contributed by atoms with van der Waals surface area (Å²) in [4.78, 5) is 13.6. The summed E-state index contributed by atoms with van der Waals surface area (Å²) in [5, 5.41) is 0. The highest BCUT2D eigenvalue weighted by atomic mass is 32.2. The molecule has 0 aromatic heterocycles. The van der Waals surface area contributed by atoms with Crippen molar-refractivity contribution in [2.75, 3.05) is 39.0 Å². The predicted molar refractivity (Wildman–Crippen MR) is 70.5 cm³/mol. The molecule has 106 valence electrons. The predicted octanol–water partition coefficient (Wildman–Crippen LogP) is -0.391. The first-order valence-electron chi connectivity index (χ1n) is 6.39. The third-order valence-electron chi connectivity index (χ3n) is 3.15. The molecule has 0 atom stereocenters. The number of nitrogens with zero attached hydrogens (tertiary/aromatic N) is 2. The lowest BCUT2D eigenvalue weighted by Gasteiger charge is -2.21. The van der Waals surface area contributed by atoms with E-state index < -0.39 is 10.0 Å². The van der Waals surface area contributed by atoms with E-state index in [1.165, 1.54) is 7.05 Å². The first-order chi connectivity index (χ1) is 8.47. The van der Waals surface area contributed by atoms with Gasteiger partial charge in [0.25, 0.3) is 0 Å². The maximum Gasteiger partial charge on any atom is 0.237 e. The summed E-state index contributed by atoms with van der Waals surface area (Å²) >= 11 is 0. The first-order valence-corrected chi connectivity index (χ1v) is 8.00. The van der Waals surface area contributed by atoms with Gasteiger partial charge in [0.2, 0.25) is 15.9 Å². The molecule has 0 aromatic rings. The zero-order valence-corrected chi connectivity index (χ0v) is 11.8. The molecule has 2 N–H and O–H groups in total. The maximum absolute atomic E-state index is 11.9. The van der Waals surface area contributed by atoms with Crippen LogP contribution in [0.25, 0.3) is 0 Å². The minimum Gasteiger partial charge on any atom is -0.342 e. The normalized spacial score (nSPS) is 16.5. The summed E-state index contributed by atoms with van der Waals surface area (Å²) in [7, 11) is -1.86. The van der Waals surface area contributed by atoms with Crippen molar-refractivity contribution in [3.63, 3.8) is 0 Å². The van der Waals surface area contributed by atoms with Gasteiger partial charge >= 0.3 is 0 Å². The van der Waals surface area contributed by atoms with Crippen LogP contribution in [0.3, 0.4) is 0 Å². The molecule has 7 heteroatoms. The van der Waals surface area contributed by atoms with Crippen molar-refractivity contribution in [1.82, 2.24) is 9.21 Å². The Morgan fingerprint density at radius 2 is 1.89 bits per heavy atom. The number of hydrogen-bond acceptors (Lipinski definition) is 4. The van der Waals surface area contributed by atoms with Crippen molar-refractivity contribution in [3.8, 4) is 0 Å². The van der Waals surface area contributed by atoms with Gasteiger partial charge in [0.05, 0.1) is 12.3 Å².